The van der Waals surface area contributed by atoms with E-state index in [0.717, 1.165) is 16.7 Å². The maximum absolute atomic E-state index is 7.12. The van der Waals surface area contributed by atoms with Gasteiger partial charge in [-0.05, 0) is 53.1 Å². The van der Waals surface area contributed by atoms with E-state index in [9.17, 15) is 0 Å². The molecule has 0 aromatic heterocycles. The lowest BCUT2D eigenvalue weighted by Crippen LogP contribution is -2.62. The van der Waals surface area contributed by atoms with Gasteiger partial charge in [-0.25, -0.2) is 0 Å². The van der Waals surface area contributed by atoms with Gasteiger partial charge in [-0.1, -0.05) is 146 Å². The predicted molar refractivity (Wildman–Crippen MR) is 211 cm³/mol. The quantitative estimate of drug-likeness (QED) is 0.101. The molecule has 1 aliphatic heterocycles. The predicted octanol–water partition coefficient (Wildman–Crippen LogP) is 8.11. The molecule has 0 spiro atoms. The fraction of sp³-hybridized carbons (Fsp3) is 0.217. The van der Waals surface area contributed by atoms with Gasteiger partial charge in [0.05, 0.1) is 19.8 Å². The highest BCUT2D eigenvalue weighted by atomic mass is 31.2. The van der Waals surface area contributed by atoms with Crippen LogP contribution in [0.1, 0.15) is 16.7 Å². The summed E-state index contributed by atoms with van der Waals surface area (Å²) in [5.74, 6) is 0. The molecular weight excluding hydrogens is 663 g/mol. The van der Waals surface area contributed by atoms with Crippen LogP contribution >= 0.6 is 7.26 Å². The maximum atomic E-state index is 7.12. The molecule has 1 saturated heterocycles. The highest BCUT2D eigenvalue weighted by Crippen LogP contribution is 2.57. The van der Waals surface area contributed by atoms with Crippen LogP contribution in [-0.2, 0) is 43.5 Å². The van der Waals surface area contributed by atoms with Crippen molar-refractivity contribution in [2.45, 2.75) is 50.5 Å². The van der Waals surface area contributed by atoms with Gasteiger partial charge in [-0.2, -0.15) is 0 Å². The normalized spacial score (nSPS) is 20.4. The highest BCUT2D eigenvalue weighted by Gasteiger charge is 2.55. The van der Waals surface area contributed by atoms with E-state index in [0.29, 0.717) is 26.0 Å². The van der Waals surface area contributed by atoms with Gasteiger partial charge in [0.2, 0.25) is 0 Å². The molecule has 0 unspecified atom stereocenters. The van der Waals surface area contributed by atoms with Gasteiger partial charge in [0.25, 0.3) is 0 Å². The summed E-state index contributed by atoms with van der Waals surface area (Å²) in [7, 11) is -0.647. The van der Waals surface area contributed by atoms with Gasteiger partial charge in [0.1, 0.15) is 53.8 Å². The first-order chi connectivity index (χ1) is 25.7. The molecule has 0 aliphatic carbocycles. The van der Waals surface area contributed by atoms with Gasteiger partial charge in [-0.15, -0.1) is 0 Å². The van der Waals surface area contributed by atoms with Crippen molar-refractivity contribution >= 4 is 23.2 Å². The first-order valence-corrected chi connectivity index (χ1v) is 19.9. The van der Waals surface area contributed by atoms with Crippen LogP contribution < -0.4 is 15.9 Å². The van der Waals surface area contributed by atoms with Crippen molar-refractivity contribution in [2.24, 2.45) is 0 Å². The van der Waals surface area contributed by atoms with E-state index in [4.69, 9.17) is 23.7 Å². The number of methoxy groups -OCH3 is 1. The zero-order chi connectivity index (χ0) is 35.4. The van der Waals surface area contributed by atoms with Crippen molar-refractivity contribution in [1.82, 2.24) is 0 Å². The summed E-state index contributed by atoms with van der Waals surface area (Å²) in [4.78, 5) is 0. The molecule has 0 bridgehead atoms. The van der Waals surface area contributed by atoms with Gasteiger partial charge in [-0.3, -0.25) is 0 Å². The first-order valence-electron chi connectivity index (χ1n) is 17.9. The minimum absolute atomic E-state index is 0.380. The Bertz CT molecular complexity index is 1800. The van der Waals surface area contributed by atoms with Crippen LogP contribution in [0.15, 0.2) is 182 Å². The van der Waals surface area contributed by atoms with E-state index in [2.05, 4.69) is 127 Å². The molecule has 1 fully saturated rings. The third-order valence-corrected chi connectivity index (χ3v) is 14.2. The molecule has 0 saturated carbocycles. The van der Waals surface area contributed by atoms with Crippen molar-refractivity contribution < 1.29 is 23.7 Å². The van der Waals surface area contributed by atoms with Crippen LogP contribution in [0.2, 0.25) is 0 Å². The van der Waals surface area contributed by atoms with E-state index in [1.807, 2.05) is 54.6 Å². The molecule has 0 amide bonds. The Kier molecular flexibility index (Phi) is 12.3. The fourth-order valence-corrected chi connectivity index (χ4v) is 11.6. The Morgan fingerprint density at radius 3 is 1.12 bits per heavy atom. The van der Waals surface area contributed by atoms with Crippen LogP contribution in [0.3, 0.4) is 0 Å². The van der Waals surface area contributed by atoms with Gasteiger partial charge < -0.3 is 23.7 Å². The Hall–Kier alpha value is -4.45. The molecule has 6 heteroatoms. The smallest absolute Gasteiger partial charge is 0.186 e. The van der Waals surface area contributed by atoms with Crippen LogP contribution in [-0.4, -0.2) is 44.0 Å². The lowest BCUT2D eigenvalue weighted by atomic mass is 9.98. The topological polar surface area (TPSA) is 46.2 Å². The summed E-state index contributed by atoms with van der Waals surface area (Å²) in [6.45, 7) is 1.17. The standard InChI is InChI=1S/C46H46O5P/c1-47-46-45(50-34-38-24-12-4-13-25-38)44(49-33-37-22-10-3-11-23-37)43(48-32-36-20-8-2-9-21-36)42(51-46)35-52(39-26-14-5-15-27-39,40-28-16-6-17-29-40)41-30-18-7-19-31-41/h2-31,42-46H,32-35H2,1H3/q+1/t42-,43+,44+,45-,46+/m1/s1. The molecule has 6 aromatic rings. The molecule has 5 atom stereocenters. The fourth-order valence-electron chi connectivity index (χ4n) is 7.16. The van der Waals surface area contributed by atoms with E-state index in [1.54, 1.807) is 7.11 Å². The molecule has 0 radical (unpaired) electrons. The Morgan fingerprint density at radius 2 is 0.750 bits per heavy atom. The van der Waals surface area contributed by atoms with Crippen molar-refractivity contribution in [3.05, 3.63) is 199 Å². The van der Waals surface area contributed by atoms with E-state index >= 15 is 0 Å². The Morgan fingerprint density at radius 1 is 0.423 bits per heavy atom. The van der Waals surface area contributed by atoms with Gasteiger partial charge >= 0.3 is 0 Å². The molecule has 1 heterocycles. The van der Waals surface area contributed by atoms with Crippen molar-refractivity contribution in [3.8, 4) is 0 Å². The monoisotopic (exact) mass is 709 g/mol. The lowest BCUT2D eigenvalue weighted by Gasteiger charge is -2.46. The van der Waals surface area contributed by atoms with Crippen LogP contribution in [0.4, 0.5) is 0 Å². The van der Waals surface area contributed by atoms with Crippen LogP contribution in [0.5, 0.6) is 0 Å². The van der Waals surface area contributed by atoms with Crippen molar-refractivity contribution in [1.29, 1.82) is 0 Å². The molecule has 1 aliphatic rings. The third-order valence-electron chi connectivity index (χ3n) is 9.72. The molecule has 7 rings (SSSR count). The average Bonchev–Trinajstić information content (AvgIpc) is 3.23. The van der Waals surface area contributed by atoms with E-state index < -0.39 is 38.0 Å². The molecular formula is C46H46O5P+. The number of rotatable bonds is 15. The van der Waals surface area contributed by atoms with E-state index in [1.165, 1.54) is 15.9 Å². The Balaban J connectivity index is 1.34. The zero-order valence-corrected chi connectivity index (χ0v) is 30.4. The molecule has 52 heavy (non-hydrogen) atoms. The van der Waals surface area contributed by atoms with Crippen LogP contribution in [0.25, 0.3) is 0 Å². The number of hydrogen-bond acceptors (Lipinski definition) is 5. The van der Waals surface area contributed by atoms with Gasteiger partial charge in [0, 0.05) is 7.11 Å². The SMILES string of the molecule is CO[C@H]1O[C@H](C[P+](c2ccccc2)(c2ccccc2)c2ccccc2)[C@H](OCc2ccccc2)[C@H](OCc2ccccc2)[C@H]1OCc1ccccc1. The lowest BCUT2D eigenvalue weighted by molar-refractivity contribution is -0.313. The second kappa shape index (κ2) is 17.9. The summed E-state index contributed by atoms with van der Waals surface area (Å²) in [6.07, 6.45) is -2.02. The van der Waals surface area contributed by atoms with Gasteiger partial charge in [0.15, 0.2) is 6.29 Å². The Labute approximate surface area is 308 Å². The summed E-state index contributed by atoms with van der Waals surface area (Å²) < 4.78 is 34.0. The third kappa shape index (κ3) is 8.43. The molecule has 264 valence electrons. The molecule has 6 aromatic carbocycles. The maximum Gasteiger partial charge on any atom is 0.186 e. The van der Waals surface area contributed by atoms with E-state index in [-0.39, 0.29) is 0 Å². The average molecular weight is 710 g/mol. The van der Waals surface area contributed by atoms with Crippen molar-refractivity contribution in [3.63, 3.8) is 0 Å². The summed E-state index contributed by atoms with van der Waals surface area (Å²) in [5, 5.41) is 3.82. The largest absolute Gasteiger partial charge is 0.368 e. The minimum Gasteiger partial charge on any atom is -0.368 e. The number of ether oxygens (including phenoxy) is 5. The summed E-state index contributed by atoms with van der Waals surface area (Å²) in [5.41, 5.74) is 3.21. The highest BCUT2D eigenvalue weighted by molar-refractivity contribution is 7.95. The number of hydrogen-bond donors (Lipinski definition) is 0. The minimum atomic E-state index is -2.34. The summed E-state index contributed by atoms with van der Waals surface area (Å²) in [6, 6.07) is 63.4. The van der Waals surface area contributed by atoms with Crippen molar-refractivity contribution in [2.75, 3.05) is 13.3 Å². The second-order valence-corrected chi connectivity index (χ2v) is 16.6. The second-order valence-electron chi connectivity index (χ2n) is 13.1. The summed E-state index contributed by atoms with van der Waals surface area (Å²) >= 11 is 0. The van der Waals surface area contributed by atoms with Crippen LogP contribution in [0, 0.1) is 0 Å². The number of benzene rings is 6. The molecule has 0 N–H and O–H groups in total. The molecule has 5 nitrogen and oxygen atoms in total. The first kappa shape index (κ1) is 35.9. The zero-order valence-electron chi connectivity index (χ0n) is 29.5.